The average Bonchev–Trinajstić information content (AvgIpc) is 3.16. The van der Waals surface area contributed by atoms with E-state index in [1.165, 1.54) is 4.90 Å². The van der Waals surface area contributed by atoms with E-state index in [-0.39, 0.29) is 18.4 Å². The highest BCUT2D eigenvalue weighted by molar-refractivity contribution is 6.08. The summed E-state index contributed by atoms with van der Waals surface area (Å²) in [5.41, 5.74) is -0.794. The lowest BCUT2D eigenvalue weighted by atomic mass is 9.81. The van der Waals surface area contributed by atoms with Crippen molar-refractivity contribution >= 4 is 17.9 Å². The van der Waals surface area contributed by atoms with Crippen LogP contribution in [0.3, 0.4) is 0 Å². The summed E-state index contributed by atoms with van der Waals surface area (Å²) in [6.07, 6.45) is 5.71. The fourth-order valence-electron chi connectivity index (χ4n) is 3.66. The summed E-state index contributed by atoms with van der Waals surface area (Å²) < 4.78 is 10.1. The van der Waals surface area contributed by atoms with Crippen LogP contribution in [-0.4, -0.2) is 57.0 Å². The molecule has 3 amide bonds. The monoisotopic (exact) mass is 364 g/mol. The third-order valence-electron chi connectivity index (χ3n) is 5.11. The third kappa shape index (κ3) is 3.30. The molecule has 26 heavy (non-hydrogen) atoms. The summed E-state index contributed by atoms with van der Waals surface area (Å²) in [6, 6.07) is -0.447. The van der Waals surface area contributed by atoms with Crippen molar-refractivity contribution in [2.75, 3.05) is 13.6 Å². The summed E-state index contributed by atoms with van der Waals surface area (Å²) in [5, 5.41) is 3.78. The Morgan fingerprint density at radius 3 is 2.69 bits per heavy atom. The van der Waals surface area contributed by atoms with Gasteiger partial charge < -0.3 is 14.2 Å². The van der Waals surface area contributed by atoms with Crippen molar-refractivity contribution in [2.24, 2.45) is 0 Å². The minimum Gasteiger partial charge on any atom is -0.454 e. The number of nitrogens with zero attached hydrogens (tertiary/aromatic N) is 4. The van der Waals surface area contributed by atoms with Gasteiger partial charge in [0.15, 0.2) is 12.4 Å². The van der Waals surface area contributed by atoms with E-state index in [0.29, 0.717) is 25.1 Å². The van der Waals surface area contributed by atoms with Gasteiger partial charge in [-0.15, -0.1) is 0 Å². The second-order valence-corrected chi connectivity index (χ2v) is 6.84. The molecule has 1 aromatic rings. The van der Waals surface area contributed by atoms with Crippen molar-refractivity contribution in [1.29, 1.82) is 0 Å². The van der Waals surface area contributed by atoms with Crippen LogP contribution >= 0.6 is 0 Å². The minimum absolute atomic E-state index is 0.174. The molecular formula is C17H24N4O5. The van der Waals surface area contributed by atoms with E-state index >= 15 is 0 Å². The second kappa shape index (κ2) is 7.43. The Labute approximate surface area is 151 Å². The molecule has 1 aliphatic heterocycles. The fourth-order valence-corrected chi connectivity index (χ4v) is 3.66. The minimum atomic E-state index is -0.794. The molecule has 1 spiro atoms. The zero-order chi connectivity index (χ0) is 18.7. The van der Waals surface area contributed by atoms with Crippen LogP contribution in [0.1, 0.15) is 57.2 Å². The molecule has 0 bridgehead atoms. The molecule has 142 valence electrons. The Morgan fingerprint density at radius 2 is 2.00 bits per heavy atom. The maximum Gasteiger partial charge on any atom is 0.327 e. The highest BCUT2D eigenvalue weighted by Crippen LogP contribution is 2.39. The molecule has 1 aliphatic carbocycles. The zero-order valence-corrected chi connectivity index (χ0v) is 15.2. The van der Waals surface area contributed by atoms with E-state index in [1.54, 1.807) is 7.05 Å². The SMILES string of the molecule is CCCc1noc(COC(=O)CN2C(=O)N(C)C3(CCCCC3)C2=O)n1. The molecule has 0 atom stereocenters. The molecule has 0 unspecified atom stereocenters. The average molecular weight is 364 g/mol. The van der Waals surface area contributed by atoms with Crippen LogP contribution in [0.25, 0.3) is 0 Å². The Hall–Kier alpha value is -2.45. The van der Waals surface area contributed by atoms with Crippen LogP contribution in [0, 0.1) is 0 Å². The molecule has 0 aromatic carbocycles. The van der Waals surface area contributed by atoms with Crippen molar-refractivity contribution in [3.63, 3.8) is 0 Å². The lowest BCUT2D eigenvalue weighted by Gasteiger charge is -2.35. The maximum absolute atomic E-state index is 12.8. The molecule has 1 saturated heterocycles. The number of ether oxygens (including phenoxy) is 1. The van der Waals surface area contributed by atoms with Crippen molar-refractivity contribution in [3.05, 3.63) is 11.7 Å². The predicted molar refractivity (Wildman–Crippen MR) is 88.8 cm³/mol. The number of hydrogen-bond acceptors (Lipinski definition) is 7. The van der Waals surface area contributed by atoms with Crippen LogP contribution in [0.5, 0.6) is 0 Å². The number of imide groups is 1. The van der Waals surface area contributed by atoms with E-state index in [2.05, 4.69) is 10.1 Å². The second-order valence-electron chi connectivity index (χ2n) is 6.84. The van der Waals surface area contributed by atoms with E-state index < -0.39 is 24.1 Å². The summed E-state index contributed by atoms with van der Waals surface area (Å²) in [6.45, 7) is 1.42. The Morgan fingerprint density at radius 1 is 1.27 bits per heavy atom. The summed E-state index contributed by atoms with van der Waals surface area (Å²) in [5.74, 6) is -0.223. The zero-order valence-electron chi connectivity index (χ0n) is 15.2. The van der Waals surface area contributed by atoms with Crippen LogP contribution in [0.4, 0.5) is 4.79 Å². The summed E-state index contributed by atoms with van der Waals surface area (Å²) >= 11 is 0. The van der Waals surface area contributed by atoms with E-state index in [0.717, 1.165) is 30.6 Å². The third-order valence-corrected chi connectivity index (χ3v) is 5.11. The van der Waals surface area contributed by atoms with E-state index in [9.17, 15) is 14.4 Å². The number of aromatic nitrogens is 2. The van der Waals surface area contributed by atoms with E-state index in [4.69, 9.17) is 9.26 Å². The summed E-state index contributed by atoms with van der Waals surface area (Å²) in [4.78, 5) is 43.9. The number of urea groups is 1. The van der Waals surface area contributed by atoms with Crippen LogP contribution in [0.2, 0.25) is 0 Å². The molecule has 1 aromatic heterocycles. The van der Waals surface area contributed by atoms with Gasteiger partial charge in [-0.2, -0.15) is 4.98 Å². The van der Waals surface area contributed by atoms with Gasteiger partial charge in [0.2, 0.25) is 0 Å². The number of likely N-dealkylation sites (N-methyl/N-ethyl adjacent to an activating group) is 1. The van der Waals surface area contributed by atoms with Gasteiger partial charge in [0.25, 0.3) is 11.8 Å². The smallest absolute Gasteiger partial charge is 0.327 e. The quantitative estimate of drug-likeness (QED) is 0.558. The molecule has 2 aliphatic rings. The fraction of sp³-hybridized carbons (Fsp3) is 0.706. The van der Waals surface area contributed by atoms with Crippen molar-refractivity contribution < 1.29 is 23.6 Å². The van der Waals surface area contributed by atoms with Crippen molar-refractivity contribution in [3.8, 4) is 0 Å². The number of esters is 1. The Balaban J connectivity index is 1.58. The standard InChI is InChI=1S/C17H24N4O5/c1-3-7-12-18-13(26-19-12)11-25-14(22)10-21-15(23)17(20(2)16(21)24)8-5-4-6-9-17/h3-11H2,1-2H3. The first-order valence-electron chi connectivity index (χ1n) is 9.05. The molecule has 9 nitrogen and oxygen atoms in total. The van der Waals surface area contributed by atoms with Gasteiger partial charge in [0, 0.05) is 13.5 Å². The molecule has 2 heterocycles. The van der Waals surface area contributed by atoms with Crippen LogP contribution in [0.15, 0.2) is 4.52 Å². The topological polar surface area (TPSA) is 106 Å². The molecule has 3 rings (SSSR count). The number of carbonyl (C=O) groups excluding carboxylic acids is 3. The van der Waals surface area contributed by atoms with Crippen LogP contribution < -0.4 is 0 Å². The molecule has 2 fully saturated rings. The van der Waals surface area contributed by atoms with E-state index in [1.807, 2.05) is 6.92 Å². The molecule has 0 N–H and O–H groups in total. The van der Waals surface area contributed by atoms with Gasteiger partial charge in [-0.3, -0.25) is 14.5 Å². The predicted octanol–water partition coefficient (Wildman–Crippen LogP) is 1.66. The molecule has 0 radical (unpaired) electrons. The van der Waals surface area contributed by atoms with Crippen molar-refractivity contribution in [2.45, 2.75) is 64.0 Å². The number of hydrogen-bond donors (Lipinski definition) is 0. The number of rotatable bonds is 6. The summed E-state index contributed by atoms with van der Waals surface area (Å²) in [7, 11) is 1.63. The maximum atomic E-state index is 12.8. The highest BCUT2D eigenvalue weighted by atomic mass is 16.6. The van der Waals surface area contributed by atoms with Gasteiger partial charge in [-0.1, -0.05) is 31.3 Å². The van der Waals surface area contributed by atoms with Gasteiger partial charge in [0.1, 0.15) is 12.1 Å². The largest absolute Gasteiger partial charge is 0.454 e. The lowest BCUT2D eigenvalue weighted by Crippen LogP contribution is -2.49. The molecule has 9 heteroatoms. The lowest BCUT2D eigenvalue weighted by molar-refractivity contribution is -0.149. The molecular weight excluding hydrogens is 340 g/mol. The number of aryl methyl sites for hydroxylation is 1. The highest BCUT2D eigenvalue weighted by Gasteiger charge is 2.55. The van der Waals surface area contributed by atoms with Crippen molar-refractivity contribution in [1.82, 2.24) is 19.9 Å². The number of amides is 3. The first-order valence-corrected chi connectivity index (χ1v) is 9.05. The Kier molecular flexibility index (Phi) is 5.24. The van der Waals surface area contributed by atoms with Crippen LogP contribution in [-0.2, 0) is 27.4 Å². The first-order chi connectivity index (χ1) is 12.5. The van der Waals surface area contributed by atoms with Gasteiger partial charge in [-0.25, -0.2) is 4.79 Å². The van der Waals surface area contributed by atoms with Gasteiger partial charge in [-0.05, 0) is 19.3 Å². The first kappa shape index (κ1) is 18.3. The van der Waals surface area contributed by atoms with Gasteiger partial charge in [0.05, 0.1) is 0 Å². The molecule has 1 saturated carbocycles. The number of carbonyl (C=O) groups is 3. The van der Waals surface area contributed by atoms with Gasteiger partial charge >= 0.3 is 12.0 Å². The Bertz CT molecular complexity index is 695. The normalized spacial score (nSPS) is 19.5.